The fraction of sp³-hybridized carbons (Fsp3) is 0.333. The first-order valence-electron chi connectivity index (χ1n) is 4.28. The zero-order valence-electron chi connectivity index (χ0n) is 7.35. The summed E-state index contributed by atoms with van der Waals surface area (Å²) in [6.45, 7) is 0.465. The van der Waals surface area contributed by atoms with Crippen molar-refractivity contribution in [3.05, 3.63) is 34.9 Å². The quantitative estimate of drug-likeness (QED) is 0.694. The van der Waals surface area contributed by atoms with Crippen LogP contribution in [0.4, 0.5) is 0 Å². The van der Waals surface area contributed by atoms with Crippen molar-refractivity contribution in [3.63, 3.8) is 0 Å². The van der Waals surface area contributed by atoms with E-state index in [9.17, 15) is 4.57 Å². The van der Waals surface area contributed by atoms with E-state index in [1.165, 1.54) is 0 Å². The standard InChI is InChI=1S/C9H9ClO3P/c10-8-3-1-2-7(6-8)9-4-5-12-14(11)13-9/h1-3,6,9H,4-5H2/q+1/t9-/m0/s1. The summed E-state index contributed by atoms with van der Waals surface area (Å²) in [4.78, 5) is 0. The third-order valence-electron chi connectivity index (χ3n) is 2.01. The van der Waals surface area contributed by atoms with Crippen molar-refractivity contribution in [3.8, 4) is 0 Å². The van der Waals surface area contributed by atoms with Gasteiger partial charge < -0.3 is 0 Å². The molecule has 1 aliphatic rings. The van der Waals surface area contributed by atoms with Gasteiger partial charge in [0.05, 0.1) is 0 Å². The van der Waals surface area contributed by atoms with Crippen LogP contribution in [-0.4, -0.2) is 6.61 Å². The molecule has 0 bridgehead atoms. The van der Waals surface area contributed by atoms with Crippen molar-refractivity contribution in [2.75, 3.05) is 6.61 Å². The maximum Gasteiger partial charge on any atom is 0.698 e. The van der Waals surface area contributed by atoms with Gasteiger partial charge in [0.1, 0.15) is 12.7 Å². The Bertz CT molecular complexity index is 356. The lowest BCUT2D eigenvalue weighted by Gasteiger charge is -2.13. The lowest BCUT2D eigenvalue weighted by Crippen LogP contribution is -2.08. The highest BCUT2D eigenvalue weighted by Crippen LogP contribution is 2.40. The van der Waals surface area contributed by atoms with Crippen LogP contribution in [0.2, 0.25) is 5.02 Å². The lowest BCUT2D eigenvalue weighted by molar-refractivity contribution is 0.0968. The summed E-state index contributed by atoms with van der Waals surface area (Å²) in [6.07, 6.45) is 0.549. The molecule has 1 aliphatic heterocycles. The number of rotatable bonds is 1. The van der Waals surface area contributed by atoms with E-state index in [1.807, 2.05) is 18.2 Å². The van der Waals surface area contributed by atoms with E-state index in [4.69, 9.17) is 20.6 Å². The van der Waals surface area contributed by atoms with E-state index in [0.717, 1.165) is 5.56 Å². The van der Waals surface area contributed by atoms with Gasteiger partial charge in [-0.25, -0.2) is 0 Å². The molecule has 0 saturated carbocycles. The molecule has 1 fully saturated rings. The monoisotopic (exact) mass is 231 g/mol. The van der Waals surface area contributed by atoms with Crippen molar-refractivity contribution >= 4 is 19.9 Å². The Labute approximate surface area is 87.9 Å². The Hall–Kier alpha value is -0.470. The molecular formula is C9H9ClO3P+. The first kappa shape index (κ1) is 10.1. The maximum atomic E-state index is 11.0. The van der Waals surface area contributed by atoms with Crippen LogP contribution in [-0.2, 0) is 13.6 Å². The summed E-state index contributed by atoms with van der Waals surface area (Å²) in [5, 5.41) is 0.660. The van der Waals surface area contributed by atoms with E-state index in [-0.39, 0.29) is 6.10 Å². The van der Waals surface area contributed by atoms with Crippen molar-refractivity contribution in [2.24, 2.45) is 0 Å². The van der Waals surface area contributed by atoms with Gasteiger partial charge in [-0.15, -0.1) is 9.05 Å². The van der Waals surface area contributed by atoms with Crippen LogP contribution in [0.5, 0.6) is 0 Å². The summed E-state index contributed by atoms with van der Waals surface area (Å²) < 4.78 is 21.0. The van der Waals surface area contributed by atoms with Gasteiger partial charge in [0, 0.05) is 16.0 Å². The highest BCUT2D eigenvalue weighted by atomic mass is 35.5. The molecule has 14 heavy (non-hydrogen) atoms. The molecule has 0 radical (unpaired) electrons. The molecule has 2 atom stereocenters. The van der Waals surface area contributed by atoms with E-state index in [0.29, 0.717) is 18.1 Å². The topological polar surface area (TPSA) is 35.5 Å². The molecule has 5 heteroatoms. The van der Waals surface area contributed by atoms with E-state index < -0.39 is 8.25 Å². The third-order valence-corrected chi connectivity index (χ3v) is 3.07. The number of hydrogen-bond donors (Lipinski definition) is 0. The average molecular weight is 232 g/mol. The summed E-state index contributed by atoms with van der Waals surface area (Å²) in [7, 11) is -1.96. The third kappa shape index (κ3) is 2.31. The van der Waals surface area contributed by atoms with Gasteiger partial charge in [0.15, 0.2) is 0 Å². The number of halogens is 1. The fourth-order valence-electron chi connectivity index (χ4n) is 1.36. The van der Waals surface area contributed by atoms with Crippen LogP contribution >= 0.6 is 19.9 Å². The molecule has 0 aromatic heterocycles. The van der Waals surface area contributed by atoms with Gasteiger partial charge >= 0.3 is 8.25 Å². The van der Waals surface area contributed by atoms with Crippen LogP contribution in [0.15, 0.2) is 24.3 Å². The summed E-state index contributed by atoms with van der Waals surface area (Å²) in [5.41, 5.74) is 0.948. The van der Waals surface area contributed by atoms with Gasteiger partial charge in [-0.3, -0.25) is 0 Å². The molecule has 74 valence electrons. The predicted octanol–water partition coefficient (Wildman–Crippen LogP) is 3.48. The molecule has 0 aliphatic carbocycles. The van der Waals surface area contributed by atoms with Crippen LogP contribution in [0, 0.1) is 0 Å². The predicted molar refractivity (Wildman–Crippen MR) is 53.5 cm³/mol. The van der Waals surface area contributed by atoms with Crippen molar-refractivity contribution < 1.29 is 13.6 Å². The highest BCUT2D eigenvalue weighted by Gasteiger charge is 2.34. The molecule has 1 heterocycles. The molecule has 1 unspecified atom stereocenters. The molecule has 1 aromatic carbocycles. The second kappa shape index (κ2) is 4.37. The van der Waals surface area contributed by atoms with E-state index in [1.54, 1.807) is 6.07 Å². The average Bonchev–Trinajstić information content (AvgIpc) is 2.18. The van der Waals surface area contributed by atoms with Gasteiger partial charge in [0.2, 0.25) is 0 Å². The molecule has 2 rings (SSSR count). The first-order valence-corrected chi connectivity index (χ1v) is 5.75. The minimum atomic E-state index is -1.96. The molecule has 0 spiro atoms. The molecule has 3 nitrogen and oxygen atoms in total. The van der Waals surface area contributed by atoms with Gasteiger partial charge in [-0.05, 0) is 17.7 Å². The SMILES string of the molecule is O=[P+]1OCC[C@@H](c2cccc(Cl)c2)O1. The molecule has 0 N–H and O–H groups in total. The van der Waals surface area contributed by atoms with Crippen molar-refractivity contribution in [2.45, 2.75) is 12.5 Å². The zero-order valence-corrected chi connectivity index (χ0v) is 9.00. The lowest BCUT2D eigenvalue weighted by atomic mass is 10.1. The van der Waals surface area contributed by atoms with Crippen LogP contribution in [0.1, 0.15) is 18.1 Å². The first-order chi connectivity index (χ1) is 6.75. The summed E-state index contributed by atoms with van der Waals surface area (Å²) in [5.74, 6) is 0. The van der Waals surface area contributed by atoms with E-state index in [2.05, 4.69) is 0 Å². The molecule has 1 saturated heterocycles. The largest absolute Gasteiger partial charge is 0.698 e. The van der Waals surface area contributed by atoms with Gasteiger partial charge in [-0.1, -0.05) is 23.7 Å². The Morgan fingerprint density at radius 1 is 1.50 bits per heavy atom. The highest BCUT2D eigenvalue weighted by molar-refractivity contribution is 7.33. The summed E-state index contributed by atoms with van der Waals surface area (Å²) in [6, 6.07) is 7.37. The van der Waals surface area contributed by atoms with Crippen LogP contribution < -0.4 is 0 Å². The Morgan fingerprint density at radius 3 is 3.07 bits per heavy atom. The second-order valence-corrected chi connectivity index (χ2v) is 4.35. The van der Waals surface area contributed by atoms with Crippen LogP contribution in [0.3, 0.4) is 0 Å². The number of benzene rings is 1. The van der Waals surface area contributed by atoms with E-state index >= 15 is 0 Å². The van der Waals surface area contributed by atoms with Gasteiger partial charge in [0.25, 0.3) is 0 Å². The minimum absolute atomic E-state index is 0.161. The fourth-order valence-corrected chi connectivity index (χ4v) is 2.30. The molecule has 0 amide bonds. The van der Waals surface area contributed by atoms with Gasteiger partial charge in [-0.2, -0.15) is 0 Å². The Morgan fingerprint density at radius 2 is 2.36 bits per heavy atom. The normalized spacial score (nSPS) is 24.9. The number of hydrogen-bond acceptors (Lipinski definition) is 3. The van der Waals surface area contributed by atoms with Crippen molar-refractivity contribution in [1.82, 2.24) is 0 Å². The van der Waals surface area contributed by atoms with Crippen LogP contribution in [0.25, 0.3) is 0 Å². The summed E-state index contributed by atoms with van der Waals surface area (Å²) >= 11 is 5.84. The minimum Gasteiger partial charge on any atom is -0.119 e. The zero-order chi connectivity index (χ0) is 9.97. The smallest absolute Gasteiger partial charge is 0.119 e. The second-order valence-electron chi connectivity index (χ2n) is 2.99. The molecular weight excluding hydrogens is 223 g/mol. The Balaban J connectivity index is 2.17. The maximum absolute atomic E-state index is 11.0. The Kier molecular flexibility index (Phi) is 3.14. The molecule has 1 aromatic rings. The van der Waals surface area contributed by atoms with Crippen molar-refractivity contribution in [1.29, 1.82) is 0 Å².